The number of aryl methyl sites for hydroxylation is 1. The third kappa shape index (κ3) is 4.88. The van der Waals surface area contributed by atoms with E-state index in [1.807, 2.05) is 12.2 Å². The largest absolute Gasteiger partial charge is 0.507 e. The fourth-order valence-electron chi connectivity index (χ4n) is 3.63. The third-order valence-corrected chi connectivity index (χ3v) is 5.44. The molecular weight excluding hydrogens is 449 g/mol. The van der Waals surface area contributed by atoms with E-state index in [1.54, 1.807) is 6.07 Å². The van der Waals surface area contributed by atoms with Gasteiger partial charge < -0.3 is 19.7 Å². The van der Waals surface area contributed by atoms with Crippen LogP contribution < -0.4 is 9.47 Å². The first-order chi connectivity index (χ1) is 16.1. The van der Waals surface area contributed by atoms with Crippen molar-refractivity contribution in [1.29, 1.82) is 0 Å². The zero-order valence-corrected chi connectivity index (χ0v) is 18.6. The summed E-state index contributed by atoms with van der Waals surface area (Å²) >= 11 is 0. The molecule has 0 bridgehead atoms. The average Bonchev–Trinajstić information content (AvgIpc) is 3.11. The van der Waals surface area contributed by atoms with Crippen LogP contribution in [0.3, 0.4) is 0 Å². The SMILES string of the molecule is CC1=CC=C(COc2ccc(-c3nn(C)c(C(F)(F)F)c3Oc3ccccc3O)c(O)c2)CC1. The minimum Gasteiger partial charge on any atom is -0.507 e. The summed E-state index contributed by atoms with van der Waals surface area (Å²) < 4.78 is 53.3. The van der Waals surface area contributed by atoms with Crippen LogP contribution in [0.4, 0.5) is 13.2 Å². The Hall–Kier alpha value is -3.88. The number of halogens is 3. The van der Waals surface area contributed by atoms with E-state index < -0.39 is 17.6 Å². The zero-order valence-electron chi connectivity index (χ0n) is 18.6. The number of hydrogen-bond acceptors (Lipinski definition) is 5. The highest BCUT2D eigenvalue weighted by Gasteiger charge is 2.41. The number of benzene rings is 2. The maximum absolute atomic E-state index is 13.8. The molecule has 1 aliphatic carbocycles. The number of alkyl halides is 3. The fourth-order valence-corrected chi connectivity index (χ4v) is 3.63. The number of aromatic nitrogens is 2. The zero-order chi connectivity index (χ0) is 24.5. The molecule has 6 nitrogen and oxygen atoms in total. The lowest BCUT2D eigenvalue weighted by Gasteiger charge is -2.14. The molecule has 0 spiro atoms. The van der Waals surface area contributed by atoms with E-state index in [9.17, 15) is 23.4 Å². The molecule has 2 N–H and O–H groups in total. The molecule has 0 saturated heterocycles. The van der Waals surface area contributed by atoms with Crippen LogP contribution in [-0.2, 0) is 13.2 Å². The number of rotatable bonds is 6. The number of phenolic OH excluding ortho intramolecular Hbond substituents is 2. The summed E-state index contributed by atoms with van der Waals surface area (Å²) in [5.41, 5.74) is 1.04. The van der Waals surface area contributed by atoms with Gasteiger partial charge in [0.25, 0.3) is 0 Å². The van der Waals surface area contributed by atoms with Crippen LogP contribution in [0.25, 0.3) is 11.3 Å². The van der Waals surface area contributed by atoms with Gasteiger partial charge in [0.1, 0.15) is 23.8 Å². The van der Waals surface area contributed by atoms with Gasteiger partial charge in [-0.15, -0.1) is 0 Å². The second kappa shape index (κ2) is 9.17. The van der Waals surface area contributed by atoms with E-state index in [2.05, 4.69) is 12.0 Å². The van der Waals surface area contributed by atoms with Gasteiger partial charge in [0.15, 0.2) is 22.9 Å². The Labute approximate surface area is 194 Å². The Morgan fingerprint density at radius 3 is 2.44 bits per heavy atom. The highest BCUT2D eigenvalue weighted by molar-refractivity contribution is 5.75. The number of phenols is 2. The van der Waals surface area contributed by atoms with Crippen LogP contribution in [-0.4, -0.2) is 26.6 Å². The first-order valence-corrected chi connectivity index (χ1v) is 10.5. The molecule has 1 aliphatic rings. The van der Waals surface area contributed by atoms with Crippen molar-refractivity contribution in [2.24, 2.45) is 7.05 Å². The molecule has 0 unspecified atom stereocenters. The van der Waals surface area contributed by atoms with Crippen molar-refractivity contribution in [3.63, 3.8) is 0 Å². The standard InChI is InChI=1S/C25H23F3N2O4/c1-15-7-9-16(10-8-15)14-33-17-11-12-18(20(32)13-17)22-23(24(25(26,27)28)30(2)29-22)34-21-6-4-3-5-19(21)31/h3-7,9,11-13,31-32H,8,10,14H2,1-2H3. The van der Waals surface area contributed by atoms with Crippen LogP contribution in [0, 0.1) is 0 Å². The third-order valence-electron chi connectivity index (χ3n) is 5.44. The van der Waals surface area contributed by atoms with Gasteiger partial charge in [0.2, 0.25) is 0 Å². The molecule has 0 saturated carbocycles. The molecular formula is C25H23F3N2O4. The topological polar surface area (TPSA) is 76.7 Å². The fraction of sp³-hybridized carbons (Fsp3) is 0.240. The Balaban J connectivity index is 1.67. The molecule has 2 aromatic carbocycles. The predicted octanol–water partition coefficient (Wildman–Crippen LogP) is 6.35. The van der Waals surface area contributed by atoms with Crippen molar-refractivity contribution in [3.05, 3.63) is 71.5 Å². The maximum Gasteiger partial charge on any atom is 0.436 e. The van der Waals surface area contributed by atoms with Crippen LogP contribution in [0.5, 0.6) is 28.7 Å². The molecule has 0 atom stereocenters. The highest BCUT2D eigenvalue weighted by atomic mass is 19.4. The lowest BCUT2D eigenvalue weighted by molar-refractivity contribution is -0.144. The minimum atomic E-state index is -4.79. The number of ether oxygens (including phenoxy) is 2. The first-order valence-electron chi connectivity index (χ1n) is 10.5. The molecule has 0 amide bonds. The molecule has 0 fully saturated rings. The summed E-state index contributed by atoms with van der Waals surface area (Å²) in [4.78, 5) is 0. The van der Waals surface area contributed by atoms with Crippen molar-refractivity contribution in [2.45, 2.75) is 25.9 Å². The lowest BCUT2D eigenvalue weighted by atomic mass is 10.0. The molecule has 0 radical (unpaired) electrons. The van der Waals surface area contributed by atoms with Crippen LogP contribution in [0.15, 0.2) is 65.8 Å². The van der Waals surface area contributed by atoms with Crippen LogP contribution in [0.2, 0.25) is 0 Å². The van der Waals surface area contributed by atoms with Crippen LogP contribution in [0.1, 0.15) is 25.5 Å². The summed E-state index contributed by atoms with van der Waals surface area (Å²) in [7, 11) is 1.13. The van der Waals surface area contributed by atoms with E-state index in [4.69, 9.17) is 9.47 Å². The molecule has 1 heterocycles. The average molecular weight is 472 g/mol. The van der Waals surface area contributed by atoms with Crippen LogP contribution >= 0.6 is 0 Å². The molecule has 4 rings (SSSR count). The summed E-state index contributed by atoms with van der Waals surface area (Å²) in [5.74, 6) is -1.09. The number of hydrogen-bond donors (Lipinski definition) is 2. The summed E-state index contributed by atoms with van der Waals surface area (Å²) in [6, 6.07) is 9.95. The summed E-state index contributed by atoms with van der Waals surface area (Å²) in [6.07, 6.45) is 1.09. The van der Waals surface area contributed by atoms with E-state index >= 15 is 0 Å². The Morgan fingerprint density at radius 1 is 1.03 bits per heavy atom. The van der Waals surface area contributed by atoms with Gasteiger partial charge in [-0.3, -0.25) is 4.68 Å². The van der Waals surface area contributed by atoms with Gasteiger partial charge in [-0.1, -0.05) is 29.9 Å². The Kier molecular flexibility index (Phi) is 6.28. The Morgan fingerprint density at radius 2 is 1.79 bits per heavy atom. The monoisotopic (exact) mass is 472 g/mol. The first kappa shape index (κ1) is 23.3. The van der Waals surface area contributed by atoms with E-state index in [1.165, 1.54) is 42.0 Å². The molecule has 1 aromatic heterocycles. The number of aromatic hydroxyl groups is 2. The van der Waals surface area contributed by atoms with Crippen molar-refractivity contribution in [2.75, 3.05) is 6.61 Å². The highest BCUT2D eigenvalue weighted by Crippen LogP contribution is 2.47. The molecule has 3 aromatic rings. The molecule has 178 valence electrons. The maximum atomic E-state index is 13.8. The van der Waals surface area contributed by atoms with E-state index in [0.717, 1.165) is 25.5 Å². The van der Waals surface area contributed by atoms with Gasteiger partial charge in [-0.25, -0.2) is 0 Å². The molecule has 34 heavy (non-hydrogen) atoms. The Bertz CT molecular complexity index is 1280. The minimum absolute atomic E-state index is 0.0271. The second-order valence-corrected chi connectivity index (χ2v) is 8.02. The van der Waals surface area contributed by atoms with Gasteiger partial charge in [-0.2, -0.15) is 18.3 Å². The van der Waals surface area contributed by atoms with Gasteiger partial charge in [0.05, 0.1) is 0 Å². The number of para-hydroxylation sites is 2. The van der Waals surface area contributed by atoms with Gasteiger partial charge >= 0.3 is 6.18 Å². The smallest absolute Gasteiger partial charge is 0.436 e. The van der Waals surface area contributed by atoms with Crippen molar-refractivity contribution in [1.82, 2.24) is 9.78 Å². The lowest BCUT2D eigenvalue weighted by Crippen LogP contribution is -2.12. The van der Waals surface area contributed by atoms with Gasteiger partial charge in [0, 0.05) is 18.7 Å². The van der Waals surface area contributed by atoms with Gasteiger partial charge in [-0.05, 0) is 49.6 Å². The number of nitrogens with zero attached hydrogens (tertiary/aromatic N) is 2. The number of allylic oxidation sites excluding steroid dienone is 3. The quantitative estimate of drug-likeness (QED) is 0.437. The van der Waals surface area contributed by atoms with Crippen molar-refractivity contribution < 1.29 is 32.9 Å². The summed E-state index contributed by atoms with van der Waals surface area (Å²) in [6.45, 7) is 2.40. The predicted molar refractivity (Wildman–Crippen MR) is 120 cm³/mol. The molecule has 9 heteroatoms. The van der Waals surface area contributed by atoms with Crippen molar-refractivity contribution in [3.8, 4) is 40.0 Å². The second-order valence-electron chi connectivity index (χ2n) is 8.02. The summed E-state index contributed by atoms with van der Waals surface area (Å²) in [5, 5.41) is 24.6. The van der Waals surface area contributed by atoms with E-state index in [-0.39, 0.29) is 28.5 Å². The molecule has 0 aliphatic heterocycles. The van der Waals surface area contributed by atoms with E-state index in [0.29, 0.717) is 17.0 Å². The normalized spacial score (nSPS) is 13.9. The van der Waals surface area contributed by atoms with Crippen molar-refractivity contribution >= 4 is 0 Å².